The van der Waals surface area contributed by atoms with Crippen LogP contribution in [0.2, 0.25) is 0 Å². The summed E-state index contributed by atoms with van der Waals surface area (Å²) in [6, 6.07) is 6.64. The number of imidazole rings is 1. The molecule has 0 bridgehead atoms. The summed E-state index contributed by atoms with van der Waals surface area (Å²) in [6.07, 6.45) is 16.6. The first-order valence-corrected chi connectivity index (χ1v) is 16.7. The minimum atomic E-state index is 0.224. The molecule has 1 aromatic carbocycles. The van der Waals surface area contributed by atoms with Crippen LogP contribution in [0.25, 0.3) is 21.9 Å². The molecule has 4 rings (SSSR count). The predicted molar refractivity (Wildman–Crippen MR) is 180 cm³/mol. The fourth-order valence-corrected chi connectivity index (χ4v) is 6.09. The minimum Gasteiger partial charge on any atom is -0.382 e. The number of nitrogens with one attached hydrogen (secondary N) is 1. The third-order valence-electron chi connectivity index (χ3n) is 9.20. The van der Waals surface area contributed by atoms with E-state index in [0.29, 0.717) is 17.7 Å². The van der Waals surface area contributed by atoms with Gasteiger partial charge < -0.3 is 20.4 Å². The number of aromatic amines is 1. The number of anilines is 1. The van der Waals surface area contributed by atoms with Crippen LogP contribution >= 0.6 is 0 Å². The number of nitrogens with two attached hydrogens (primary N) is 1. The maximum Gasteiger partial charge on any atom is 0.150 e. The summed E-state index contributed by atoms with van der Waals surface area (Å²) < 4.78 is 0. The fourth-order valence-electron chi connectivity index (χ4n) is 6.09. The molecular weight excluding hydrogens is 518 g/mol. The van der Waals surface area contributed by atoms with Crippen molar-refractivity contribution >= 4 is 34.0 Å². The van der Waals surface area contributed by atoms with Gasteiger partial charge in [-0.15, -0.1) is 0 Å². The van der Waals surface area contributed by atoms with Crippen molar-refractivity contribution in [2.24, 2.45) is 16.7 Å². The Hall–Kier alpha value is -2.47. The second-order valence-electron chi connectivity index (χ2n) is 14.5. The lowest BCUT2D eigenvalue weighted by Gasteiger charge is -2.37. The van der Waals surface area contributed by atoms with E-state index in [4.69, 9.17) is 15.7 Å². The zero-order valence-electron chi connectivity index (χ0n) is 27.8. The Morgan fingerprint density at radius 3 is 2.40 bits per heavy atom. The Kier molecular flexibility index (Phi) is 12.8. The molecule has 0 spiro atoms. The average molecular weight is 578 g/mol. The Morgan fingerprint density at radius 1 is 1.02 bits per heavy atom. The molecule has 0 amide bonds. The van der Waals surface area contributed by atoms with Gasteiger partial charge in [-0.1, -0.05) is 92.2 Å². The lowest BCUT2D eigenvalue weighted by atomic mass is 9.73. The molecule has 1 aliphatic rings. The van der Waals surface area contributed by atoms with E-state index in [9.17, 15) is 4.79 Å². The molecule has 0 aliphatic heterocycles. The number of carbonyl (C=O) groups excluding carboxylic acids is 1. The van der Waals surface area contributed by atoms with Crippen molar-refractivity contribution in [1.29, 1.82) is 0 Å². The van der Waals surface area contributed by atoms with Crippen molar-refractivity contribution < 1.29 is 4.79 Å². The van der Waals surface area contributed by atoms with Crippen LogP contribution < -0.4 is 5.73 Å². The molecule has 3 aromatic rings. The van der Waals surface area contributed by atoms with Crippen LogP contribution in [0.15, 0.2) is 18.2 Å². The van der Waals surface area contributed by atoms with Gasteiger partial charge >= 0.3 is 0 Å². The first-order valence-electron chi connectivity index (χ1n) is 16.7. The number of unbranched alkanes of at least 4 members (excludes halogenated alkanes) is 3. The standard InChI is InChI=1S/C29H45N5.C7H14O/c1-5-6-14-25-32-26-23-16-15-21(18-24(23)31-28(30)27(26)33-25)11-8-7-9-17-34(4)20-29(2,3)19-22-12-10-13-22;1-4-7(2,3)5-6-8/h15-16,18,22H,5-14,17,19-20H2,1-4H3,(H2,30,31)(H,32,33);6H,4-5H2,1-3H3. The van der Waals surface area contributed by atoms with E-state index < -0.39 is 0 Å². The maximum absolute atomic E-state index is 9.98. The lowest BCUT2D eigenvalue weighted by Crippen LogP contribution is -2.34. The van der Waals surface area contributed by atoms with Crippen LogP contribution in [-0.4, -0.2) is 46.3 Å². The zero-order valence-corrected chi connectivity index (χ0v) is 27.8. The molecular formula is C36H59N5O. The largest absolute Gasteiger partial charge is 0.382 e. The molecule has 6 heteroatoms. The second-order valence-corrected chi connectivity index (χ2v) is 14.5. The molecule has 0 atom stereocenters. The topological polar surface area (TPSA) is 87.9 Å². The first kappa shape index (κ1) is 34.0. The predicted octanol–water partition coefficient (Wildman–Crippen LogP) is 8.91. The highest BCUT2D eigenvalue weighted by Gasteiger charge is 2.28. The first-order chi connectivity index (χ1) is 20.0. The van der Waals surface area contributed by atoms with E-state index >= 15 is 0 Å². The number of nitrogen functional groups attached to an aromatic ring is 1. The van der Waals surface area contributed by atoms with Crippen LogP contribution in [0.5, 0.6) is 0 Å². The molecule has 234 valence electrons. The summed E-state index contributed by atoms with van der Waals surface area (Å²) in [4.78, 5) is 25.4. The van der Waals surface area contributed by atoms with E-state index in [2.05, 4.69) is 76.7 Å². The van der Waals surface area contributed by atoms with Crippen molar-refractivity contribution in [3.8, 4) is 0 Å². The van der Waals surface area contributed by atoms with Crippen LogP contribution in [0.4, 0.5) is 5.82 Å². The van der Waals surface area contributed by atoms with Gasteiger partial charge in [0.05, 0.1) is 5.52 Å². The van der Waals surface area contributed by atoms with Gasteiger partial charge in [0.1, 0.15) is 29.0 Å². The van der Waals surface area contributed by atoms with E-state index in [1.807, 2.05) is 0 Å². The molecule has 0 unspecified atom stereocenters. The van der Waals surface area contributed by atoms with E-state index in [1.54, 1.807) is 0 Å². The van der Waals surface area contributed by atoms with Gasteiger partial charge in [0.2, 0.25) is 0 Å². The number of benzene rings is 1. The number of rotatable bonds is 16. The number of hydrogen-bond donors (Lipinski definition) is 2. The highest BCUT2D eigenvalue weighted by Crippen LogP contribution is 2.37. The molecule has 1 fully saturated rings. The van der Waals surface area contributed by atoms with Crippen molar-refractivity contribution in [1.82, 2.24) is 19.9 Å². The molecule has 1 aliphatic carbocycles. The highest BCUT2D eigenvalue weighted by molar-refractivity contribution is 6.06. The number of nitrogens with zero attached hydrogens (tertiary/aromatic N) is 3. The van der Waals surface area contributed by atoms with E-state index in [0.717, 1.165) is 72.1 Å². The molecule has 0 radical (unpaired) electrons. The van der Waals surface area contributed by atoms with Gasteiger partial charge in [0, 0.05) is 24.8 Å². The number of fused-ring (bicyclic) bond motifs is 3. The van der Waals surface area contributed by atoms with Gasteiger partial charge in [-0.25, -0.2) is 9.97 Å². The monoisotopic (exact) mass is 577 g/mol. The maximum atomic E-state index is 9.98. The second kappa shape index (κ2) is 15.8. The third kappa shape index (κ3) is 10.4. The molecule has 42 heavy (non-hydrogen) atoms. The summed E-state index contributed by atoms with van der Waals surface area (Å²) in [5.41, 5.74) is 11.1. The molecule has 0 saturated heterocycles. The smallest absolute Gasteiger partial charge is 0.150 e. The number of hydrogen-bond acceptors (Lipinski definition) is 5. The summed E-state index contributed by atoms with van der Waals surface area (Å²) in [7, 11) is 2.30. The Balaban J connectivity index is 0.000000531. The van der Waals surface area contributed by atoms with Crippen LogP contribution in [0.1, 0.15) is 124 Å². The number of H-pyrrole nitrogens is 1. The molecule has 1 saturated carbocycles. The van der Waals surface area contributed by atoms with Crippen molar-refractivity contribution in [3.05, 3.63) is 29.6 Å². The van der Waals surface area contributed by atoms with Gasteiger partial charge in [0.25, 0.3) is 0 Å². The van der Waals surface area contributed by atoms with Gasteiger partial charge in [-0.3, -0.25) is 0 Å². The number of pyridine rings is 1. The number of carbonyl (C=O) groups is 1. The summed E-state index contributed by atoms with van der Waals surface area (Å²) in [5.74, 6) is 2.55. The van der Waals surface area contributed by atoms with Crippen LogP contribution in [0, 0.1) is 16.7 Å². The van der Waals surface area contributed by atoms with Gasteiger partial charge in [-0.05, 0) is 74.1 Å². The molecule has 6 nitrogen and oxygen atoms in total. The third-order valence-corrected chi connectivity index (χ3v) is 9.20. The van der Waals surface area contributed by atoms with Crippen LogP contribution in [-0.2, 0) is 17.6 Å². The average Bonchev–Trinajstić information content (AvgIpc) is 3.35. The molecule has 2 aromatic heterocycles. The highest BCUT2D eigenvalue weighted by atomic mass is 16.1. The Bertz CT molecular complexity index is 1260. The van der Waals surface area contributed by atoms with E-state index in [1.165, 1.54) is 63.6 Å². The van der Waals surface area contributed by atoms with E-state index in [-0.39, 0.29) is 5.41 Å². The lowest BCUT2D eigenvalue weighted by molar-refractivity contribution is -0.109. The minimum absolute atomic E-state index is 0.224. The van der Waals surface area contributed by atoms with Crippen molar-refractivity contribution in [3.63, 3.8) is 0 Å². The van der Waals surface area contributed by atoms with Crippen molar-refractivity contribution in [2.45, 2.75) is 125 Å². The van der Waals surface area contributed by atoms with Gasteiger partial charge in [0.15, 0.2) is 0 Å². The fraction of sp³-hybridized carbons (Fsp3) is 0.694. The van der Waals surface area contributed by atoms with Gasteiger partial charge in [-0.2, -0.15) is 0 Å². The Morgan fingerprint density at radius 2 is 1.79 bits per heavy atom. The number of aromatic nitrogens is 3. The summed E-state index contributed by atoms with van der Waals surface area (Å²) in [5, 5.41) is 1.10. The van der Waals surface area contributed by atoms with Crippen LogP contribution in [0.3, 0.4) is 0 Å². The summed E-state index contributed by atoms with van der Waals surface area (Å²) >= 11 is 0. The quantitative estimate of drug-likeness (QED) is 0.131. The Labute approximate surface area is 255 Å². The SMILES string of the molecule is CCC(C)(C)CC=O.CCCCc1nc2c([nH]1)c(N)nc1cc(CCCCCN(C)CC(C)(C)CC3CCC3)ccc12. The molecule has 2 heterocycles. The number of aryl methyl sites for hydroxylation is 2. The zero-order chi connectivity index (χ0) is 30.8. The molecule has 3 N–H and O–H groups in total. The van der Waals surface area contributed by atoms with Crippen molar-refractivity contribution in [2.75, 3.05) is 25.9 Å². The number of aldehydes is 1. The summed E-state index contributed by atoms with van der Waals surface area (Å²) in [6.45, 7) is 15.8. The normalized spacial score (nSPS) is 14.3.